The summed E-state index contributed by atoms with van der Waals surface area (Å²) in [4.78, 5) is 18.2. The lowest BCUT2D eigenvalue weighted by Crippen LogP contribution is -2.11. The van der Waals surface area contributed by atoms with Crippen LogP contribution in [0.15, 0.2) is 17.2 Å². The Morgan fingerprint density at radius 2 is 2.26 bits per heavy atom. The molecule has 0 radical (unpaired) electrons. The highest BCUT2D eigenvalue weighted by Crippen LogP contribution is 2.09. The van der Waals surface area contributed by atoms with Gasteiger partial charge in [-0.1, -0.05) is 0 Å². The molecule has 0 aliphatic heterocycles. The molecule has 0 bridgehead atoms. The minimum atomic E-state index is -0.293. The standard InChI is InChI=1S/C13H16N4O2/c1-4-17-8-10(9(2)16-17)5-6-12-14-7-11(19-3)13(18)15-12/h5-8H,4H2,1-3H3,(H,14,15,18)/b6-5+. The van der Waals surface area contributed by atoms with E-state index in [-0.39, 0.29) is 11.3 Å². The first-order chi connectivity index (χ1) is 9.13. The van der Waals surface area contributed by atoms with Crippen LogP contribution in [-0.4, -0.2) is 26.9 Å². The Hall–Kier alpha value is -2.37. The first kappa shape index (κ1) is 13.1. The molecule has 0 atom stereocenters. The van der Waals surface area contributed by atoms with E-state index in [4.69, 9.17) is 4.74 Å². The number of H-pyrrole nitrogens is 1. The topological polar surface area (TPSA) is 72.8 Å². The fourth-order valence-corrected chi connectivity index (χ4v) is 1.65. The summed E-state index contributed by atoms with van der Waals surface area (Å²) < 4.78 is 6.72. The zero-order chi connectivity index (χ0) is 13.8. The molecule has 0 aliphatic carbocycles. The van der Waals surface area contributed by atoms with Crippen LogP contribution in [0.2, 0.25) is 0 Å². The molecule has 0 aliphatic rings. The van der Waals surface area contributed by atoms with Gasteiger partial charge in [-0.15, -0.1) is 0 Å². The molecule has 1 N–H and O–H groups in total. The molecule has 2 aromatic rings. The van der Waals surface area contributed by atoms with Crippen molar-refractivity contribution in [2.75, 3.05) is 7.11 Å². The number of aryl methyl sites for hydroxylation is 2. The summed E-state index contributed by atoms with van der Waals surface area (Å²) in [5.74, 6) is 0.682. The van der Waals surface area contributed by atoms with Crippen LogP contribution in [0.5, 0.6) is 5.75 Å². The molecule has 6 heteroatoms. The monoisotopic (exact) mass is 260 g/mol. The van der Waals surface area contributed by atoms with Gasteiger partial charge >= 0.3 is 0 Å². The minimum absolute atomic E-state index is 0.201. The first-order valence-electron chi connectivity index (χ1n) is 5.99. The van der Waals surface area contributed by atoms with Crippen molar-refractivity contribution in [1.82, 2.24) is 19.7 Å². The summed E-state index contributed by atoms with van der Waals surface area (Å²) in [6.07, 6.45) is 6.97. The van der Waals surface area contributed by atoms with Crippen LogP contribution in [0.4, 0.5) is 0 Å². The van der Waals surface area contributed by atoms with Gasteiger partial charge in [0.15, 0.2) is 0 Å². The van der Waals surface area contributed by atoms with E-state index >= 15 is 0 Å². The Morgan fingerprint density at radius 3 is 2.84 bits per heavy atom. The van der Waals surface area contributed by atoms with Crippen molar-refractivity contribution in [3.63, 3.8) is 0 Å². The van der Waals surface area contributed by atoms with Crippen molar-refractivity contribution in [2.45, 2.75) is 20.4 Å². The number of aromatic amines is 1. The van der Waals surface area contributed by atoms with E-state index in [2.05, 4.69) is 15.1 Å². The number of nitrogens with zero attached hydrogens (tertiary/aromatic N) is 3. The van der Waals surface area contributed by atoms with E-state index < -0.39 is 0 Å². The van der Waals surface area contributed by atoms with E-state index in [9.17, 15) is 4.79 Å². The molecule has 2 rings (SSSR count). The van der Waals surface area contributed by atoms with Crippen molar-refractivity contribution in [3.05, 3.63) is 39.8 Å². The second-order valence-electron chi connectivity index (χ2n) is 4.02. The number of hydrogen-bond acceptors (Lipinski definition) is 4. The number of ether oxygens (including phenoxy) is 1. The molecule has 0 spiro atoms. The zero-order valence-electron chi connectivity index (χ0n) is 11.2. The summed E-state index contributed by atoms with van der Waals surface area (Å²) in [5, 5.41) is 4.34. The van der Waals surface area contributed by atoms with E-state index in [0.29, 0.717) is 5.82 Å². The average molecular weight is 260 g/mol. The first-order valence-corrected chi connectivity index (χ1v) is 5.99. The predicted octanol–water partition coefficient (Wildman–Crippen LogP) is 1.47. The van der Waals surface area contributed by atoms with Crippen molar-refractivity contribution < 1.29 is 4.74 Å². The Morgan fingerprint density at radius 1 is 1.47 bits per heavy atom. The van der Waals surface area contributed by atoms with Crippen molar-refractivity contribution in [1.29, 1.82) is 0 Å². The van der Waals surface area contributed by atoms with Gasteiger partial charge in [0.25, 0.3) is 5.56 Å². The second-order valence-corrected chi connectivity index (χ2v) is 4.02. The summed E-state index contributed by atoms with van der Waals surface area (Å²) in [7, 11) is 1.43. The van der Waals surface area contributed by atoms with Crippen LogP contribution in [0, 0.1) is 6.92 Å². The number of methoxy groups -OCH3 is 1. The largest absolute Gasteiger partial charge is 0.490 e. The third-order valence-electron chi connectivity index (χ3n) is 2.74. The molecule has 19 heavy (non-hydrogen) atoms. The van der Waals surface area contributed by atoms with Gasteiger partial charge in [0.05, 0.1) is 19.0 Å². The maximum absolute atomic E-state index is 11.5. The molecule has 2 heterocycles. The van der Waals surface area contributed by atoms with Gasteiger partial charge in [-0.2, -0.15) is 5.10 Å². The number of rotatable bonds is 4. The summed E-state index contributed by atoms with van der Waals surface area (Å²) in [6, 6.07) is 0. The smallest absolute Gasteiger partial charge is 0.293 e. The van der Waals surface area contributed by atoms with Crippen LogP contribution in [0.25, 0.3) is 12.2 Å². The lowest BCUT2D eigenvalue weighted by molar-refractivity contribution is 0.406. The fourth-order valence-electron chi connectivity index (χ4n) is 1.65. The third-order valence-corrected chi connectivity index (χ3v) is 2.74. The quantitative estimate of drug-likeness (QED) is 0.903. The van der Waals surface area contributed by atoms with Crippen molar-refractivity contribution in [3.8, 4) is 5.75 Å². The zero-order valence-corrected chi connectivity index (χ0v) is 11.2. The Labute approximate surface area is 110 Å². The molecular weight excluding hydrogens is 244 g/mol. The molecule has 2 aromatic heterocycles. The Balaban J connectivity index is 2.24. The fraction of sp³-hybridized carbons (Fsp3) is 0.308. The predicted molar refractivity (Wildman–Crippen MR) is 73.0 cm³/mol. The Kier molecular flexibility index (Phi) is 3.79. The highest BCUT2D eigenvalue weighted by molar-refractivity contribution is 5.67. The van der Waals surface area contributed by atoms with Gasteiger partial charge in [-0.25, -0.2) is 4.98 Å². The van der Waals surface area contributed by atoms with Crippen LogP contribution in [0.3, 0.4) is 0 Å². The highest BCUT2D eigenvalue weighted by atomic mass is 16.5. The molecule has 6 nitrogen and oxygen atoms in total. The number of aromatic nitrogens is 4. The third kappa shape index (κ3) is 2.90. The van der Waals surface area contributed by atoms with Gasteiger partial charge in [-0.3, -0.25) is 9.48 Å². The summed E-state index contributed by atoms with van der Waals surface area (Å²) >= 11 is 0. The van der Waals surface area contributed by atoms with E-state index in [0.717, 1.165) is 17.8 Å². The molecule has 0 saturated heterocycles. The molecule has 0 saturated carbocycles. The van der Waals surface area contributed by atoms with Crippen LogP contribution >= 0.6 is 0 Å². The Bertz CT molecular complexity index is 655. The molecule has 0 amide bonds. The normalized spacial score (nSPS) is 11.1. The average Bonchev–Trinajstić information content (AvgIpc) is 2.77. The maximum atomic E-state index is 11.5. The van der Waals surface area contributed by atoms with Gasteiger partial charge in [0.1, 0.15) is 5.82 Å². The van der Waals surface area contributed by atoms with Gasteiger partial charge in [0, 0.05) is 18.3 Å². The minimum Gasteiger partial charge on any atom is -0.490 e. The van der Waals surface area contributed by atoms with Crippen LogP contribution < -0.4 is 10.3 Å². The van der Waals surface area contributed by atoms with Gasteiger partial charge in [-0.05, 0) is 26.0 Å². The SMILES string of the molecule is CCn1cc(/C=C/c2ncc(OC)c(=O)[nH]2)c(C)n1. The van der Waals surface area contributed by atoms with Gasteiger partial charge in [0.2, 0.25) is 5.75 Å². The lowest BCUT2D eigenvalue weighted by atomic mass is 10.2. The van der Waals surface area contributed by atoms with Crippen LogP contribution in [0.1, 0.15) is 24.0 Å². The van der Waals surface area contributed by atoms with Gasteiger partial charge < -0.3 is 9.72 Å². The maximum Gasteiger partial charge on any atom is 0.293 e. The second kappa shape index (κ2) is 5.51. The van der Waals surface area contributed by atoms with Crippen molar-refractivity contribution in [2.24, 2.45) is 0 Å². The molecular formula is C13H16N4O2. The van der Waals surface area contributed by atoms with E-state index in [1.54, 1.807) is 6.08 Å². The molecule has 0 fully saturated rings. The summed E-state index contributed by atoms with van der Waals surface area (Å²) in [6.45, 7) is 4.80. The van der Waals surface area contributed by atoms with Crippen molar-refractivity contribution >= 4 is 12.2 Å². The van der Waals surface area contributed by atoms with E-state index in [1.165, 1.54) is 13.3 Å². The number of hydrogen-bond donors (Lipinski definition) is 1. The van der Waals surface area contributed by atoms with Crippen LogP contribution in [-0.2, 0) is 6.54 Å². The number of nitrogens with one attached hydrogen (secondary N) is 1. The molecule has 0 unspecified atom stereocenters. The summed E-state index contributed by atoms with van der Waals surface area (Å²) in [5.41, 5.74) is 1.65. The van der Waals surface area contributed by atoms with E-state index in [1.807, 2.05) is 30.8 Å². The lowest BCUT2D eigenvalue weighted by Gasteiger charge is -1.97. The molecule has 100 valence electrons. The molecule has 0 aromatic carbocycles. The highest BCUT2D eigenvalue weighted by Gasteiger charge is 2.02.